The Labute approximate surface area is 209 Å². The number of hydrogen-bond acceptors (Lipinski definition) is 2. The summed E-state index contributed by atoms with van der Waals surface area (Å²) in [5, 5.41) is 0. The number of hydrogen-bond donors (Lipinski definition) is 0. The average Bonchev–Trinajstić information content (AvgIpc) is 2.76. The number of halogens is 8. The van der Waals surface area contributed by atoms with Crippen LogP contribution in [-0.4, -0.2) is 17.9 Å². The number of alkyl halides is 6. The molecule has 2 aromatic carbocycles. The largest absolute Gasteiger partial charge is 0.416 e. The number of aromatic nitrogens is 1. The van der Waals surface area contributed by atoms with Crippen molar-refractivity contribution in [2.45, 2.75) is 38.5 Å². The van der Waals surface area contributed by atoms with E-state index in [4.69, 9.17) is 0 Å². The Morgan fingerprint density at radius 3 is 1.86 bits per heavy atom. The molecule has 0 unspecified atom stereocenters. The molecule has 0 saturated carbocycles. The van der Waals surface area contributed by atoms with E-state index in [1.54, 1.807) is 6.92 Å². The van der Waals surface area contributed by atoms with Crippen molar-refractivity contribution >= 4 is 24.0 Å². The lowest BCUT2D eigenvalue weighted by Gasteiger charge is -2.32. The normalized spacial score (nSPS) is 12.2. The van der Waals surface area contributed by atoms with Gasteiger partial charge in [0.25, 0.3) is 0 Å². The molecule has 194 valence electrons. The number of rotatable bonds is 4. The summed E-state index contributed by atoms with van der Waals surface area (Å²) in [7, 11) is 1.36. The van der Waals surface area contributed by atoms with Gasteiger partial charge in [-0.3, -0.25) is 9.78 Å². The maximum Gasteiger partial charge on any atom is 0.416 e. The first-order valence-corrected chi connectivity index (χ1v) is 10.3. The molecule has 11 heteroatoms. The lowest BCUT2D eigenvalue weighted by Crippen LogP contribution is -2.42. The summed E-state index contributed by atoms with van der Waals surface area (Å²) in [6.07, 6.45) is -7.25. The van der Waals surface area contributed by atoms with E-state index >= 15 is 0 Å². The van der Waals surface area contributed by atoms with Gasteiger partial charge >= 0.3 is 12.4 Å². The number of aryl methyl sites for hydroxylation is 1. The zero-order valence-corrected chi connectivity index (χ0v) is 20.4. The quantitative estimate of drug-likeness (QED) is 0.323. The minimum absolute atomic E-state index is 0. The van der Waals surface area contributed by atoms with Crippen LogP contribution in [0.5, 0.6) is 0 Å². The predicted molar refractivity (Wildman–Crippen MR) is 124 cm³/mol. The smallest absolute Gasteiger partial charge is 0.314 e. The minimum Gasteiger partial charge on any atom is -0.314 e. The van der Waals surface area contributed by atoms with Crippen molar-refractivity contribution in [3.63, 3.8) is 0 Å². The Morgan fingerprint density at radius 2 is 1.36 bits per heavy atom. The average molecular weight is 535 g/mol. The van der Waals surface area contributed by atoms with E-state index in [9.17, 15) is 35.5 Å². The van der Waals surface area contributed by atoms with Crippen LogP contribution in [0.1, 0.15) is 36.1 Å². The minimum atomic E-state index is -5.04. The molecule has 0 aliphatic heterocycles. The molecule has 3 aromatic rings. The molecule has 0 bridgehead atoms. The Bertz CT molecular complexity index is 1240. The molecule has 1 aromatic heterocycles. The summed E-state index contributed by atoms with van der Waals surface area (Å²) >= 11 is 0. The highest BCUT2D eigenvalue weighted by atomic mass is 35.5. The predicted octanol–water partition coefficient (Wildman–Crippen LogP) is 7.60. The number of anilines is 1. The molecular formula is C25H22ClF7N2O. The third-order valence-corrected chi connectivity index (χ3v) is 5.79. The molecule has 0 radical (unpaired) electrons. The summed E-state index contributed by atoms with van der Waals surface area (Å²) < 4.78 is 93.7. The molecule has 3 rings (SSSR count). The standard InChI is InChI=1S/C25H21F7N2O.ClH/c1-14-9-18(26)5-6-19(14)20-13-33-8-7-21(20)34(4)22(35)23(2,3)15-10-16(24(27,28)29)12-17(11-15)25(30,31)32;/h5-13H,1-4H3;1H. The molecule has 0 N–H and O–H groups in total. The topological polar surface area (TPSA) is 33.2 Å². The first-order chi connectivity index (χ1) is 16.0. The summed E-state index contributed by atoms with van der Waals surface area (Å²) in [6, 6.07) is 6.63. The van der Waals surface area contributed by atoms with Crippen LogP contribution >= 0.6 is 12.4 Å². The number of nitrogens with zero attached hydrogens (tertiary/aromatic N) is 2. The van der Waals surface area contributed by atoms with E-state index in [1.165, 1.54) is 57.6 Å². The zero-order chi connectivity index (χ0) is 26.3. The van der Waals surface area contributed by atoms with Crippen molar-refractivity contribution in [2.24, 2.45) is 0 Å². The zero-order valence-electron chi connectivity index (χ0n) is 19.6. The molecule has 3 nitrogen and oxygen atoms in total. The lowest BCUT2D eigenvalue weighted by molar-refractivity contribution is -0.143. The molecule has 36 heavy (non-hydrogen) atoms. The highest BCUT2D eigenvalue weighted by Gasteiger charge is 2.41. The number of carbonyl (C=O) groups excluding carboxylic acids is 1. The van der Waals surface area contributed by atoms with Crippen LogP contribution in [-0.2, 0) is 22.6 Å². The van der Waals surface area contributed by atoms with Crippen LogP contribution in [0, 0.1) is 12.7 Å². The van der Waals surface area contributed by atoms with Gasteiger partial charge in [0.05, 0.1) is 22.2 Å². The van der Waals surface area contributed by atoms with Crippen LogP contribution in [0.15, 0.2) is 54.9 Å². The molecule has 1 amide bonds. The van der Waals surface area contributed by atoms with Crippen molar-refractivity contribution in [3.05, 3.63) is 82.9 Å². The highest BCUT2D eigenvalue weighted by molar-refractivity contribution is 6.03. The Balaban J connectivity index is 0.00000456. The van der Waals surface area contributed by atoms with Gasteiger partial charge in [-0.2, -0.15) is 26.3 Å². The van der Waals surface area contributed by atoms with Gasteiger partial charge < -0.3 is 4.90 Å². The number of amides is 1. The van der Waals surface area contributed by atoms with Gasteiger partial charge in [-0.25, -0.2) is 4.39 Å². The van der Waals surface area contributed by atoms with Crippen LogP contribution in [0.4, 0.5) is 36.4 Å². The monoisotopic (exact) mass is 534 g/mol. The molecule has 0 fully saturated rings. The molecule has 0 atom stereocenters. The number of likely N-dealkylation sites (N-methyl/N-ethyl adjacent to an activating group) is 1. The summed E-state index contributed by atoms with van der Waals surface area (Å²) in [5.41, 5.74) is -3.36. The van der Waals surface area contributed by atoms with Crippen molar-refractivity contribution in [1.82, 2.24) is 4.98 Å². The van der Waals surface area contributed by atoms with Crippen molar-refractivity contribution in [3.8, 4) is 11.1 Å². The molecule has 0 saturated heterocycles. The van der Waals surface area contributed by atoms with Gasteiger partial charge in [0, 0.05) is 25.0 Å². The van der Waals surface area contributed by atoms with E-state index in [1.807, 2.05) is 0 Å². The van der Waals surface area contributed by atoms with Gasteiger partial charge in [0.15, 0.2) is 0 Å². The summed E-state index contributed by atoms with van der Waals surface area (Å²) in [5.74, 6) is -1.22. The van der Waals surface area contributed by atoms with Crippen LogP contribution in [0.2, 0.25) is 0 Å². The second-order valence-electron chi connectivity index (χ2n) is 8.64. The summed E-state index contributed by atoms with van der Waals surface area (Å²) in [6.45, 7) is 4.17. The fraction of sp³-hybridized carbons (Fsp3) is 0.280. The van der Waals surface area contributed by atoms with E-state index in [2.05, 4.69) is 4.98 Å². The molecule has 1 heterocycles. The van der Waals surface area contributed by atoms with E-state index in [0.717, 1.165) is 4.90 Å². The third-order valence-electron chi connectivity index (χ3n) is 5.79. The van der Waals surface area contributed by atoms with Gasteiger partial charge in [-0.15, -0.1) is 12.4 Å². The number of carbonyl (C=O) groups is 1. The molecule has 0 aliphatic rings. The van der Waals surface area contributed by atoms with Gasteiger partial charge in [0.2, 0.25) is 5.91 Å². The molecule has 0 spiro atoms. The van der Waals surface area contributed by atoms with Crippen LogP contribution in [0.25, 0.3) is 11.1 Å². The first kappa shape index (κ1) is 29.1. The van der Waals surface area contributed by atoms with E-state index < -0.39 is 46.2 Å². The van der Waals surface area contributed by atoms with Crippen LogP contribution < -0.4 is 4.90 Å². The van der Waals surface area contributed by atoms with Gasteiger partial charge in [-0.05, 0) is 73.9 Å². The molecule has 0 aliphatic carbocycles. The number of benzene rings is 2. The Hall–Kier alpha value is -3.14. The van der Waals surface area contributed by atoms with Crippen LogP contribution in [0.3, 0.4) is 0 Å². The Kier molecular flexibility index (Phi) is 8.15. The van der Waals surface area contributed by atoms with Gasteiger partial charge in [0.1, 0.15) is 5.82 Å². The fourth-order valence-corrected chi connectivity index (χ4v) is 3.78. The second-order valence-corrected chi connectivity index (χ2v) is 8.64. The van der Waals surface area contributed by atoms with Crippen molar-refractivity contribution < 1.29 is 35.5 Å². The fourth-order valence-electron chi connectivity index (χ4n) is 3.78. The SMILES string of the molecule is Cc1cc(F)ccc1-c1cnccc1N(C)C(=O)C(C)(C)c1cc(C(F)(F)F)cc(C(F)(F)F)c1.Cl. The third kappa shape index (κ3) is 5.80. The highest BCUT2D eigenvalue weighted by Crippen LogP contribution is 2.40. The van der Waals surface area contributed by atoms with Crippen molar-refractivity contribution in [2.75, 3.05) is 11.9 Å². The maximum absolute atomic E-state index is 13.6. The first-order valence-electron chi connectivity index (χ1n) is 10.3. The Morgan fingerprint density at radius 1 is 0.833 bits per heavy atom. The number of pyridine rings is 1. The van der Waals surface area contributed by atoms with Gasteiger partial charge in [-0.1, -0.05) is 6.07 Å². The second kappa shape index (κ2) is 10.1. The molecular weight excluding hydrogens is 513 g/mol. The summed E-state index contributed by atoms with van der Waals surface area (Å²) in [4.78, 5) is 18.7. The van der Waals surface area contributed by atoms with E-state index in [-0.39, 0.29) is 18.5 Å². The maximum atomic E-state index is 13.6. The lowest BCUT2D eigenvalue weighted by atomic mass is 9.81. The van der Waals surface area contributed by atoms with E-state index in [0.29, 0.717) is 34.5 Å². The van der Waals surface area contributed by atoms with Crippen molar-refractivity contribution in [1.29, 1.82) is 0 Å².